The van der Waals surface area contributed by atoms with Crippen LogP contribution in [0.3, 0.4) is 0 Å². The molecule has 1 N–H and O–H groups in total. The normalized spacial score (nSPS) is 11.6. The maximum absolute atomic E-state index is 12.5. The van der Waals surface area contributed by atoms with Gasteiger partial charge in [-0.05, 0) is 12.5 Å². The van der Waals surface area contributed by atoms with Gasteiger partial charge in [-0.15, -0.1) is 0 Å². The van der Waals surface area contributed by atoms with E-state index in [9.17, 15) is 18.0 Å². The Labute approximate surface area is 156 Å². The van der Waals surface area contributed by atoms with Crippen molar-refractivity contribution in [2.24, 2.45) is 7.05 Å². The summed E-state index contributed by atoms with van der Waals surface area (Å²) >= 11 is 6.07. The molecule has 1 aromatic carbocycles. The van der Waals surface area contributed by atoms with Gasteiger partial charge >= 0.3 is 12.1 Å². The van der Waals surface area contributed by atoms with Gasteiger partial charge in [0.25, 0.3) is 5.91 Å². The van der Waals surface area contributed by atoms with E-state index >= 15 is 0 Å². The number of hydrogen-bond acceptors (Lipinski definition) is 5. The molecule has 0 aliphatic carbocycles. The highest BCUT2D eigenvalue weighted by atomic mass is 35.5. The maximum Gasteiger partial charge on any atom is 0.471 e. The van der Waals surface area contributed by atoms with E-state index in [4.69, 9.17) is 11.6 Å². The molecule has 0 aliphatic heterocycles. The third-order valence-electron chi connectivity index (χ3n) is 3.70. The molecule has 2 heterocycles. The topological polar surface area (TPSA) is 85.8 Å². The molecule has 0 aliphatic rings. The minimum absolute atomic E-state index is 0.171. The fraction of sp³-hybridized carbons (Fsp3) is 0.250. The zero-order valence-corrected chi connectivity index (χ0v) is 14.9. The van der Waals surface area contributed by atoms with Crippen LogP contribution < -0.4 is 5.32 Å². The molecule has 2 aromatic heterocycles. The molecule has 3 rings (SSSR count). The van der Waals surface area contributed by atoms with E-state index in [1.165, 1.54) is 16.8 Å². The van der Waals surface area contributed by atoms with Crippen LogP contribution in [0.4, 0.5) is 13.2 Å². The van der Waals surface area contributed by atoms with Crippen molar-refractivity contribution in [2.75, 3.05) is 0 Å². The van der Waals surface area contributed by atoms with Crippen LogP contribution >= 0.6 is 11.6 Å². The van der Waals surface area contributed by atoms with Crippen LogP contribution in [0.25, 0.3) is 11.4 Å². The Morgan fingerprint density at radius 3 is 2.48 bits per heavy atom. The molecular formula is C16H13ClF3N5O2. The predicted octanol–water partition coefficient (Wildman–Crippen LogP) is 3.38. The number of amides is 1. The number of carbonyl (C=O) groups is 1. The first-order valence-electron chi connectivity index (χ1n) is 7.64. The average Bonchev–Trinajstić information content (AvgIpc) is 3.19. The molecule has 0 fully saturated rings. The number of aromatic nitrogens is 4. The van der Waals surface area contributed by atoms with Gasteiger partial charge in [0, 0.05) is 19.2 Å². The van der Waals surface area contributed by atoms with Crippen molar-refractivity contribution < 1.29 is 22.5 Å². The molecule has 0 saturated carbocycles. The van der Waals surface area contributed by atoms with Crippen LogP contribution in [0, 0.1) is 6.92 Å². The molecule has 0 bridgehead atoms. The third-order valence-corrected chi connectivity index (χ3v) is 4.15. The Morgan fingerprint density at radius 2 is 1.96 bits per heavy atom. The number of carbonyl (C=O) groups excluding carboxylic acids is 1. The summed E-state index contributed by atoms with van der Waals surface area (Å²) in [7, 11) is 1.61. The summed E-state index contributed by atoms with van der Waals surface area (Å²) in [5.41, 5.74) is 1.88. The number of aryl methyl sites for hydroxylation is 2. The second-order valence-electron chi connectivity index (χ2n) is 5.67. The Kier molecular flexibility index (Phi) is 4.92. The van der Waals surface area contributed by atoms with E-state index in [-0.39, 0.29) is 29.0 Å². The number of rotatable bonds is 4. The number of nitrogens with one attached hydrogen (secondary N) is 1. The first kappa shape index (κ1) is 18.9. The molecule has 7 nitrogen and oxygen atoms in total. The second-order valence-corrected chi connectivity index (χ2v) is 6.05. The van der Waals surface area contributed by atoms with Crippen LogP contribution in [0.2, 0.25) is 5.02 Å². The van der Waals surface area contributed by atoms with Gasteiger partial charge < -0.3 is 9.84 Å². The van der Waals surface area contributed by atoms with Gasteiger partial charge in [0.1, 0.15) is 5.69 Å². The van der Waals surface area contributed by atoms with E-state index in [1.807, 2.05) is 0 Å². The monoisotopic (exact) mass is 399 g/mol. The van der Waals surface area contributed by atoms with Crippen molar-refractivity contribution in [2.45, 2.75) is 19.6 Å². The zero-order valence-electron chi connectivity index (χ0n) is 14.1. The average molecular weight is 400 g/mol. The highest BCUT2D eigenvalue weighted by molar-refractivity contribution is 6.34. The minimum atomic E-state index is -4.69. The van der Waals surface area contributed by atoms with Crippen molar-refractivity contribution in [1.29, 1.82) is 0 Å². The van der Waals surface area contributed by atoms with E-state index in [2.05, 4.69) is 25.1 Å². The highest BCUT2D eigenvalue weighted by Crippen LogP contribution is 2.29. The lowest BCUT2D eigenvalue weighted by Crippen LogP contribution is -2.25. The first-order chi connectivity index (χ1) is 12.7. The molecule has 0 unspecified atom stereocenters. The van der Waals surface area contributed by atoms with E-state index < -0.39 is 12.1 Å². The molecule has 1 amide bonds. The lowest BCUT2D eigenvalue weighted by Gasteiger charge is -2.06. The number of halogens is 4. The quantitative estimate of drug-likeness (QED) is 0.726. The third kappa shape index (κ3) is 3.95. The largest absolute Gasteiger partial charge is 0.471 e. The van der Waals surface area contributed by atoms with Gasteiger partial charge in [-0.3, -0.25) is 9.48 Å². The SMILES string of the molecule is Cc1nn(C)c(C(=O)NCc2ccc(-c3noc(C(F)(F)F)n3)cc2)c1Cl. The van der Waals surface area contributed by atoms with Crippen molar-refractivity contribution in [3.63, 3.8) is 0 Å². The Balaban J connectivity index is 1.67. The summed E-state index contributed by atoms with van der Waals surface area (Å²) in [5, 5.41) is 10.4. The number of alkyl halides is 3. The fourth-order valence-corrected chi connectivity index (χ4v) is 2.62. The summed E-state index contributed by atoms with van der Waals surface area (Å²) in [6, 6.07) is 6.34. The summed E-state index contributed by atoms with van der Waals surface area (Å²) in [5.74, 6) is -1.97. The molecule has 0 atom stereocenters. The van der Waals surface area contributed by atoms with Crippen LogP contribution in [-0.2, 0) is 19.8 Å². The summed E-state index contributed by atoms with van der Waals surface area (Å²) in [6.07, 6.45) is -4.69. The van der Waals surface area contributed by atoms with E-state index in [1.54, 1.807) is 26.1 Å². The van der Waals surface area contributed by atoms with E-state index in [0.717, 1.165) is 5.56 Å². The number of hydrogen-bond donors (Lipinski definition) is 1. The van der Waals surface area contributed by atoms with Crippen molar-refractivity contribution in [1.82, 2.24) is 25.2 Å². The van der Waals surface area contributed by atoms with Gasteiger partial charge in [-0.25, -0.2) is 0 Å². The molecule has 3 aromatic rings. The van der Waals surface area contributed by atoms with Gasteiger partial charge in [-0.1, -0.05) is 41.0 Å². The molecule has 0 saturated heterocycles. The number of benzene rings is 1. The van der Waals surface area contributed by atoms with Crippen LogP contribution in [-0.4, -0.2) is 25.8 Å². The molecule has 11 heteroatoms. The van der Waals surface area contributed by atoms with Gasteiger partial charge in [0.15, 0.2) is 0 Å². The lowest BCUT2D eigenvalue weighted by molar-refractivity contribution is -0.159. The Morgan fingerprint density at radius 1 is 1.30 bits per heavy atom. The maximum atomic E-state index is 12.5. The summed E-state index contributed by atoms with van der Waals surface area (Å²) < 4.78 is 43.1. The van der Waals surface area contributed by atoms with Crippen molar-refractivity contribution in [3.8, 4) is 11.4 Å². The molecule has 142 valence electrons. The standard InChI is InChI=1S/C16H13ClF3N5O2/c1-8-11(17)12(25(2)23-8)14(26)21-7-9-3-5-10(6-4-9)13-22-15(27-24-13)16(18,19)20/h3-6H,7H2,1-2H3,(H,21,26). The summed E-state index contributed by atoms with van der Waals surface area (Å²) in [6.45, 7) is 1.89. The van der Waals surface area contributed by atoms with Crippen LogP contribution in [0.1, 0.15) is 27.6 Å². The fourth-order valence-electron chi connectivity index (χ4n) is 2.37. The highest BCUT2D eigenvalue weighted by Gasteiger charge is 2.38. The lowest BCUT2D eigenvalue weighted by atomic mass is 10.1. The Bertz CT molecular complexity index is 979. The van der Waals surface area contributed by atoms with Crippen LogP contribution in [0.5, 0.6) is 0 Å². The minimum Gasteiger partial charge on any atom is -0.347 e. The predicted molar refractivity (Wildman–Crippen MR) is 88.9 cm³/mol. The Hall–Kier alpha value is -2.88. The zero-order chi connectivity index (χ0) is 19.8. The van der Waals surface area contributed by atoms with E-state index in [0.29, 0.717) is 11.3 Å². The van der Waals surface area contributed by atoms with Crippen molar-refractivity contribution >= 4 is 17.5 Å². The second kappa shape index (κ2) is 7.03. The van der Waals surface area contributed by atoms with Gasteiger partial charge in [0.2, 0.25) is 5.82 Å². The molecule has 0 radical (unpaired) electrons. The molecule has 27 heavy (non-hydrogen) atoms. The van der Waals surface area contributed by atoms with Gasteiger partial charge in [0.05, 0.1) is 10.7 Å². The van der Waals surface area contributed by atoms with Crippen LogP contribution in [0.15, 0.2) is 28.8 Å². The summed E-state index contributed by atoms with van der Waals surface area (Å²) in [4.78, 5) is 15.6. The smallest absolute Gasteiger partial charge is 0.347 e. The van der Waals surface area contributed by atoms with Crippen molar-refractivity contribution in [3.05, 3.63) is 52.1 Å². The number of nitrogens with zero attached hydrogens (tertiary/aromatic N) is 4. The first-order valence-corrected chi connectivity index (χ1v) is 8.02. The molecular weight excluding hydrogens is 387 g/mol. The molecule has 0 spiro atoms. The van der Waals surface area contributed by atoms with Gasteiger partial charge in [-0.2, -0.15) is 23.3 Å².